The molecule has 2 N–H and O–H groups in total. The van der Waals surface area contributed by atoms with Crippen molar-refractivity contribution in [3.63, 3.8) is 0 Å². The maximum atomic E-state index is 5.78. The summed E-state index contributed by atoms with van der Waals surface area (Å²) in [5.41, 5.74) is 10.0. The van der Waals surface area contributed by atoms with E-state index in [4.69, 9.17) is 20.4 Å². The lowest BCUT2D eigenvalue weighted by Gasteiger charge is -2.28. The summed E-state index contributed by atoms with van der Waals surface area (Å²) in [6, 6.07) is 12.4. The van der Waals surface area contributed by atoms with Gasteiger partial charge in [-0.1, -0.05) is 12.1 Å². The van der Waals surface area contributed by atoms with Crippen LogP contribution >= 0.6 is 23.1 Å². The van der Waals surface area contributed by atoms with Crippen LogP contribution < -0.4 is 10.6 Å². The SMILES string of the molecule is CSc1cccc(-c2sc3c(N4CCOCC4)nc(-c4ccc(N)nc4)nc3c2C)c1. The summed E-state index contributed by atoms with van der Waals surface area (Å²) in [5.74, 6) is 2.13. The van der Waals surface area contributed by atoms with E-state index < -0.39 is 0 Å². The minimum absolute atomic E-state index is 0.487. The van der Waals surface area contributed by atoms with Crippen molar-refractivity contribution in [1.29, 1.82) is 0 Å². The average Bonchev–Trinajstić information content (AvgIpc) is 3.16. The first-order valence-corrected chi connectivity index (χ1v) is 12.2. The van der Waals surface area contributed by atoms with Crippen molar-refractivity contribution in [2.45, 2.75) is 11.8 Å². The van der Waals surface area contributed by atoms with Gasteiger partial charge in [-0.05, 0) is 48.6 Å². The molecule has 1 aromatic carbocycles. The molecule has 0 bridgehead atoms. The van der Waals surface area contributed by atoms with Crippen LogP contribution in [-0.2, 0) is 4.74 Å². The first-order valence-electron chi connectivity index (χ1n) is 10.1. The Hall–Kier alpha value is -2.68. The van der Waals surface area contributed by atoms with Gasteiger partial charge in [0.1, 0.15) is 5.82 Å². The highest BCUT2D eigenvalue weighted by Crippen LogP contribution is 2.42. The zero-order valence-corrected chi connectivity index (χ0v) is 19.1. The van der Waals surface area contributed by atoms with Crippen LogP contribution in [0, 0.1) is 6.92 Å². The first-order chi connectivity index (χ1) is 15.1. The molecule has 4 heterocycles. The molecule has 0 atom stereocenters. The molecule has 1 fully saturated rings. The first kappa shape index (κ1) is 20.2. The third-order valence-corrected chi connectivity index (χ3v) is 7.49. The van der Waals surface area contributed by atoms with Crippen molar-refractivity contribution >= 4 is 45.0 Å². The molecule has 0 aliphatic carbocycles. The van der Waals surface area contributed by atoms with E-state index in [1.165, 1.54) is 20.9 Å². The molecule has 31 heavy (non-hydrogen) atoms. The van der Waals surface area contributed by atoms with Crippen LogP contribution in [-0.4, -0.2) is 47.5 Å². The number of nitrogen functional groups attached to an aromatic ring is 1. The van der Waals surface area contributed by atoms with E-state index in [9.17, 15) is 0 Å². The van der Waals surface area contributed by atoms with Gasteiger partial charge in [0.25, 0.3) is 0 Å². The summed E-state index contributed by atoms with van der Waals surface area (Å²) in [6.07, 6.45) is 3.84. The van der Waals surface area contributed by atoms with Crippen LogP contribution in [0.2, 0.25) is 0 Å². The van der Waals surface area contributed by atoms with Crippen molar-refractivity contribution in [1.82, 2.24) is 15.0 Å². The molecule has 0 amide bonds. The van der Waals surface area contributed by atoms with Crippen LogP contribution in [0.4, 0.5) is 11.6 Å². The summed E-state index contributed by atoms with van der Waals surface area (Å²) >= 11 is 3.52. The molecule has 158 valence electrons. The second-order valence-electron chi connectivity index (χ2n) is 7.41. The number of hydrogen-bond acceptors (Lipinski definition) is 8. The molecule has 0 radical (unpaired) electrons. The van der Waals surface area contributed by atoms with E-state index in [1.807, 2.05) is 6.07 Å². The van der Waals surface area contributed by atoms with Gasteiger partial charge in [0.15, 0.2) is 11.6 Å². The zero-order chi connectivity index (χ0) is 21.4. The predicted molar refractivity (Wildman–Crippen MR) is 130 cm³/mol. The van der Waals surface area contributed by atoms with Crippen LogP contribution in [0.3, 0.4) is 0 Å². The standard InChI is InChI=1S/C23H23N5OS2/c1-14-19-21(31-20(14)15-4-3-5-17(12-15)30-2)23(28-8-10-29-11-9-28)27-22(26-19)16-6-7-18(24)25-13-16/h3-7,12-13H,8-11H2,1-2H3,(H2,24,25). The van der Waals surface area contributed by atoms with Gasteiger partial charge in [0, 0.05) is 34.6 Å². The number of nitrogens with zero attached hydrogens (tertiary/aromatic N) is 4. The summed E-state index contributed by atoms with van der Waals surface area (Å²) in [6.45, 7) is 5.20. The number of thioether (sulfide) groups is 1. The van der Waals surface area contributed by atoms with Gasteiger partial charge in [-0.25, -0.2) is 15.0 Å². The molecule has 1 aliphatic rings. The van der Waals surface area contributed by atoms with Gasteiger partial charge >= 0.3 is 0 Å². The van der Waals surface area contributed by atoms with Crippen LogP contribution in [0.1, 0.15) is 5.56 Å². The number of thiophene rings is 1. The molecular formula is C23H23N5OS2. The summed E-state index contributed by atoms with van der Waals surface area (Å²) in [4.78, 5) is 19.0. The number of anilines is 2. The fraction of sp³-hybridized carbons (Fsp3) is 0.261. The molecule has 6 nitrogen and oxygen atoms in total. The van der Waals surface area contributed by atoms with E-state index >= 15 is 0 Å². The van der Waals surface area contributed by atoms with E-state index in [0.29, 0.717) is 24.9 Å². The lowest BCUT2D eigenvalue weighted by atomic mass is 10.1. The number of morpholine rings is 1. The molecule has 0 unspecified atom stereocenters. The number of pyridine rings is 1. The maximum Gasteiger partial charge on any atom is 0.163 e. The molecule has 8 heteroatoms. The minimum Gasteiger partial charge on any atom is -0.384 e. The molecule has 0 spiro atoms. The normalized spacial score (nSPS) is 14.3. The number of ether oxygens (including phenoxy) is 1. The van der Waals surface area contributed by atoms with Crippen LogP contribution in [0.15, 0.2) is 47.5 Å². The quantitative estimate of drug-likeness (QED) is 0.445. The van der Waals surface area contributed by atoms with Gasteiger partial charge in [-0.3, -0.25) is 0 Å². The Morgan fingerprint density at radius 3 is 2.68 bits per heavy atom. The Balaban J connectivity index is 1.72. The highest BCUT2D eigenvalue weighted by molar-refractivity contribution is 7.98. The van der Waals surface area contributed by atoms with Crippen molar-refractivity contribution in [3.05, 3.63) is 48.2 Å². The minimum atomic E-state index is 0.487. The largest absolute Gasteiger partial charge is 0.384 e. The molecule has 1 aliphatic heterocycles. The second kappa shape index (κ2) is 8.45. The van der Waals surface area contributed by atoms with Gasteiger partial charge < -0.3 is 15.4 Å². The van der Waals surface area contributed by atoms with Gasteiger partial charge in [-0.15, -0.1) is 23.1 Å². The van der Waals surface area contributed by atoms with E-state index in [0.717, 1.165) is 34.7 Å². The Kier molecular flexibility index (Phi) is 5.52. The lowest BCUT2D eigenvalue weighted by Crippen LogP contribution is -2.36. The fourth-order valence-corrected chi connectivity index (χ4v) is 5.49. The Morgan fingerprint density at radius 1 is 1.10 bits per heavy atom. The molecule has 5 rings (SSSR count). The van der Waals surface area contributed by atoms with Gasteiger partial charge in [0.05, 0.1) is 23.4 Å². The van der Waals surface area contributed by atoms with Crippen LogP contribution in [0.5, 0.6) is 0 Å². The number of fused-ring (bicyclic) bond motifs is 1. The smallest absolute Gasteiger partial charge is 0.163 e. The Labute approximate surface area is 189 Å². The topological polar surface area (TPSA) is 77.2 Å². The number of hydrogen-bond donors (Lipinski definition) is 1. The zero-order valence-electron chi connectivity index (χ0n) is 17.5. The van der Waals surface area contributed by atoms with Gasteiger partial charge in [-0.2, -0.15) is 0 Å². The molecule has 4 aromatic rings. The van der Waals surface area contributed by atoms with Crippen molar-refractivity contribution < 1.29 is 4.74 Å². The van der Waals surface area contributed by atoms with E-state index in [1.54, 1.807) is 35.4 Å². The summed E-state index contributed by atoms with van der Waals surface area (Å²) < 4.78 is 6.70. The summed E-state index contributed by atoms with van der Waals surface area (Å²) in [7, 11) is 0. The lowest BCUT2D eigenvalue weighted by molar-refractivity contribution is 0.122. The number of aromatic nitrogens is 3. The Bertz CT molecular complexity index is 1230. The third kappa shape index (κ3) is 3.86. The average molecular weight is 450 g/mol. The Morgan fingerprint density at radius 2 is 1.94 bits per heavy atom. The highest BCUT2D eigenvalue weighted by atomic mass is 32.2. The van der Waals surface area contributed by atoms with Crippen molar-refractivity contribution in [3.8, 4) is 21.8 Å². The van der Waals surface area contributed by atoms with Gasteiger partial charge in [0.2, 0.25) is 0 Å². The third-order valence-electron chi connectivity index (χ3n) is 5.43. The molecule has 0 saturated carbocycles. The summed E-state index contributed by atoms with van der Waals surface area (Å²) in [5, 5.41) is 0. The molecule has 1 saturated heterocycles. The van der Waals surface area contributed by atoms with E-state index in [2.05, 4.69) is 47.3 Å². The number of benzene rings is 1. The number of aryl methyl sites for hydroxylation is 1. The number of nitrogens with two attached hydrogens (primary N) is 1. The van der Waals surface area contributed by atoms with Crippen molar-refractivity contribution in [2.75, 3.05) is 43.2 Å². The maximum absolute atomic E-state index is 5.78. The molecular weight excluding hydrogens is 426 g/mol. The fourth-order valence-electron chi connectivity index (χ4n) is 3.77. The highest BCUT2D eigenvalue weighted by Gasteiger charge is 2.23. The number of rotatable bonds is 4. The van der Waals surface area contributed by atoms with Crippen molar-refractivity contribution in [2.24, 2.45) is 0 Å². The van der Waals surface area contributed by atoms with E-state index in [-0.39, 0.29) is 0 Å². The molecule has 3 aromatic heterocycles. The second-order valence-corrected chi connectivity index (χ2v) is 9.31. The predicted octanol–water partition coefficient (Wildman–Crippen LogP) is 4.87. The monoisotopic (exact) mass is 449 g/mol. The van der Waals surface area contributed by atoms with Crippen LogP contribution in [0.25, 0.3) is 32.0 Å².